The number of nitrogens with two attached hydrogens (primary N) is 1. The Morgan fingerprint density at radius 3 is 2.39 bits per heavy atom. The van der Waals surface area contributed by atoms with Gasteiger partial charge in [-0.05, 0) is 32.3 Å². The number of hydrogen-bond acceptors (Lipinski definition) is 11. The van der Waals surface area contributed by atoms with Crippen LogP contribution in [-0.2, 0) is 22.4 Å². The molecule has 0 bridgehead atoms. The highest BCUT2D eigenvalue weighted by Gasteiger charge is 2.45. The van der Waals surface area contributed by atoms with Gasteiger partial charge in [0.2, 0.25) is 5.78 Å². The predicted molar refractivity (Wildman–Crippen MR) is 133 cm³/mol. The Bertz CT molecular complexity index is 1300. The molecule has 38 heavy (non-hydrogen) atoms. The van der Waals surface area contributed by atoms with Crippen LogP contribution in [0.1, 0.15) is 62.7 Å². The quantitative estimate of drug-likeness (QED) is 0.253. The predicted octanol–water partition coefficient (Wildman–Crippen LogP) is 0.146. The molecule has 3 unspecified atom stereocenters. The van der Waals surface area contributed by atoms with E-state index in [1.54, 1.807) is 0 Å². The van der Waals surface area contributed by atoms with E-state index in [0.29, 0.717) is 6.61 Å². The maximum absolute atomic E-state index is 13.1. The smallest absolute Gasteiger partial charge is 0.202 e. The van der Waals surface area contributed by atoms with Crippen LogP contribution < -0.4 is 10.5 Å². The zero-order valence-corrected chi connectivity index (χ0v) is 21.1. The standard InChI is InChI=1S/C21H18O8.C6H13NO2/c1-29-12-4-2-3-10-14(12)20(27)16-15(18(10)25)19(26)11-7-21(28,13(23)8-22)6-5-9(11)17(16)24;1-4-6(8)5(7)2-3-9-4/h2-4,22,24,26,28H,5-8H2,1H3;4-6,8H,2-3,7H2,1H3/t21-;/m1./s1. The lowest BCUT2D eigenvalue weighted by Crippen LogP contribution is -2.47. The number of phenolic OH excluding ortho intramolecular Hbond substituents is 2. The first-order valence-electron chi connectivity index (χ1n) is 12.2. The number of methoxy groups -OCH3 is 1. The largest absolute Gasteiger partial charge is 0.507 e. The third-order valence-electron chi connectivity index (χ3n) is 7.50. The number of carbonyl (C=O) groups excluding carboxylic acids is 3. The maximum Gasteiger partial charge on any atom is 0.202 e. The lowest BCUT2D eigenvalue weighted by atomic mass is 9.73. The van der Waals surface area contributed by atoms with Gasteiger partial charge in [0.25, 0.3) is 0 Å². The lowest BCUT2D eigenvalue weighted by Gasteiger charge is -2.34. The number of phenols is 2. The van der Waals surface area contributed by atoms with Crippen molar-refractivity contribution in [2.75, 3.05) is 20.3 Å². The van der Waals surface area contributed by atoms with E-state index < -0.39 is 47.2 Å². The molecule has 1 fully saturated rings. The van der Waals surface area contributed by atoms with Gasteiger partial charge in [-0.25, -0.2) is 0 Å². The molecule has 4 atom stereocenters. The van der Waals surface area contributed by atoms with Crippen molar-refractivity contribution in [3.05, 3.63) is 51.6 Å². The summed E-state index contributed by atoms with van der Waals surface area (Å²) in [6.07, 6.45) is -0.308. The Labute approximate surface area is 218 Å². The van der Waals surface area contributed by atoms with Gasteiger partial charge in [-0.1, -0.05) is 12.1 Å². The van der Waals surface area contributed by atoms with Gasteiger partial charge in [0.1, 0.15) is 29.5 Å². The topological polar surface area (TPSA) is 197 Å². The SMILES string of the molecule is CC1OCCC(N)C1O.COc1cccc2c1C(=O)c1c(O)c3c(c(O)c1C2=O)C[C@@](O)(C(=O)CO)CC3. The zero-order chi connectivity index (χ0) is 27.9. The van der Waals surface area contributed by atoms with E-state index in [-0.39, 0.29) is 70.5 Å². The molecule has 5 rings (SSSR count). The first kappa shape index (κ1) is 27.7. The number of aromatic hydroxyl groups is 2. The van der Waals surface area contributed by atoms with E-state index >= 15 is 0 Å². The highest BCUT2D eigenvalue weighted by molar-refractivity contribution is 6.31. The fourth-order valence-electron chi connectivity index (χ4n) is 5.22. The van der Waals surface area contributed by atoms with Crippen LogP contribution in [0.2, 0.25) is 0 Å². The van der Waals surface area contributed by atoms with E-state index in [9.17, 15) is 34.8 Å². The molecule has 204 valence electrons. The molecule has 0 spiro atoms. The Hall–Kier alpha value is -3.35. The third-order valence-corrected chi connectivity index (χ3v) is 7.50. The van der Waals surface area contributed by atoms with Crippen LogP contribution in [0.4, 0.5) is 0 Å². The van der Waals surface area contributed by atoms with Gasteiger partial charge in [-0.2, -0.15) is 0 Å². The molecule has 0 radical (unpaired) electrons. The van der Waals surface area contributed by atoms with Crippen molar-refractivity contribution in [3.8, 4) is 17.2 Å². The molecule has 1 saturated heterocycles. The van der Waals surface area contributed by atoms with Gasteiger partial charge in [-0.3, -0.25) is 14.4 Å². The molecular formula is C27H31NO10. The van der Waals surface area contributed by atoms with Crippen LogP contribution >= 0.6 is 0 Å². The van der Waals surface area contributed by atoms with Crippen molar-refractivity contribution in [1.29, 1.82) is 0 Å². The van der Waals surface area contributed by atoms with Crippen molar-refractivity contribution in [3.63, 3.8) is 0 Å². The van der Waals surface area contributed by atoms with Crippen LogP contribution in [-0.4, -0.2) is 87.1 Å². The Morgan fingerprint density at radius 1 is 1.13 bits per heavy atom. The summed E-state index contributed by atoms with van der Waals surface area (Å²) in [7, 11) is 1.35. The number of carbonyl (C=O) groups is 3. The van der Waals surface area contributed by atoms with Crippen LogP contribution in [0.3, 0.4) is 0 Å². The number of aliphatic hydroxyl groups is 3. The number of ether oxygens (including phenoxy) is 2. The average molecular weight is 530 g/mol. The molecule has 0 saturated carbocycles. The van der Waals surface area contributed by atoms with E-state index in [0.717, 1.165) is 6.42 Å². The highest BCUT2D eigenvalue weighted by atomic mass is 16.5. The van der Waals surface area contributed by atoms with Crippen LogP contribution in [0, 0.1) is 0 Å². The summed E-state index contributed by atoms with van der Waals surface area (Å²) in [5.74, 6) is -2.99. The van der Waals surface area contributed by atoms with Gasteiger partial charge in [0.05, 0.1) is 36.0 Å². The van der Waals surface area contributed by atoms with Crippen molar-refractivity contribution < 1.29 is 49.4 Å². The second-order valence-corrected chi connectivity index (χ2v) is 9.75. The summed E-state index contributed by atoms with van der Waals surface area (Å²) in [4.78, 5) is 38.2. The summed E-state index contributed by atoms with van der Waals surface area (Å²) >= 11 is 0. The molecule has 0 amide bonds. The molecular weight excluding hydrogens is 498 g/mol. The minimum atomic E-state index is -1.93. The number of benzene rings is 2. The summed E-state index contributed by atoms with van der Waals surface area (Å²) in [6.45, 7) is 1.64. The molecule has 7 N–H and O–H groups in total. The fourth-order valence-corrected chi connectivity index (χ4v) is 5.22. The third kappa shape index (κ3) is 4.46. The fraction of sp³-hybridized carbons (Fsp3) is 0.444. The minimum absolute atomic E-state index is 0.00456. The number of rotatable bonds is 3. The minimum Gasteiger partial charge on any atom is -0.507 e. The lowest BCUT2D eigenvalue weighted by molar-refractivity contribution is -0.141. The number of Topliss-reactive ketones (excluding diaryl/α,β-unsaturated/α-hetero) is 1. The van der Waals surface area contributed by atoms with Crippen molar-refractivity contribution >= 4 is 17.3 Å². The molecule has 2 aromatic rings. The number of ketones is 3. The molecule has 1 heterocycles. The van der Waals surface area contributed by atoms with Crippen LogP contribution in [0.15, 0.2) is 18.2 Å². The van der Waals surface area contributed by atoms with Crippen molar-refractivity contribution in [2.24, 2.45) is 5.73 Å². The second kappa shape index (κ2) is 10.4. The monoisotopic (exact) mass is 529 g/mol. The molecule has 11 nitrogen and oxygen atoms in total. The Kier molecular flexibility index (Phi) is 7.60. The summed E-state index contributed by atoms with van der Waals surface area (Å²) < 4.78 is 10.3. The van der Waals surface area contributed by atoms with Gasteiger partial charge in [-0.15, -0.1) is 0 Å². The van der Waals surface area contributed by atoms with E-state index in [2.05, 4.69) is 0 Å². The van der Waals surface area contributed by atoms with E-state index in [4.69, 9.17) is 20.3 Å². The maximum atomic E-state index is 13.1. The molecule has 2 aliphatic carbocycles. The summed E-state index contributed by atoms with van der Waals surface area (Å²) in [5.41, 5.74) is 3.16. The van der Waals surface area contributed by atoms with E-state index in [1.165, 1.54) is 25.3 Å². The van der Waals surface area contributed by atoms with Gasteiger partial charge in [0.15, 0.2) is 11.6 Å². The average Bonchev–Trinajstić information content (AvgIpc) is 2.91. The van der Waals surface area contributed by atoms with Crippen LogP contribution in [0.5, 0.6) is 17.2 Å². The molecule has 0 aromatic heterocycles. The summed E-state index contributed by atoms with van der Waals surface area (Å²) in [6, 6.07) is 4.38. The molecule has 1 aliphatic heterocycles. The molecule has 3 aliphatic rings. The molecule has 2 aromatic carbocycles. The zero-order valence-electron chi connectivity index (χ0n) is 21.1. The number of aliphatic hydroxyl groups excluding tert-OH is 2. The van der Waals surface area contributed by atoms with Gasteiger partial charge < -0.3 is 40.7 Å². The summed E-state index contributed by atoms with van der Waals surface area (Å²) in [5, 5.41) is 50.5. The Morgan fingerprint density at radius 2 is 1.79 bits per heavy atom. The molecule has 11 heteroatoms. The normalized spacial score (nSPS) is 25.9. The first-order chi connectivity index (χ1) is 18.0. The highest BCUT2D eigenvalue weighted by Crippen LogP contribution is 2.48. The number of fused-ring (bicyclic) bond motifs is 3. The first-order valence-corrected chi connectivity index (χ1v) is 12.2. The van der Waals surface area contributed by atoms with Gasteiger partial charge >= 0.3 is 0 Å². The van der Waals surface area contributed by atoms with E-state index in [1.807, 2.05) is 6.92 Å². The second-order valence-electron chi connectivity index (χ2n) is 9.75. The number of hydrogen-bond donors (Lipinski definition) is 6. The van der Waals surface area contributed by atoms with Crippen molar-refractivity contribution in [1.82, 2.24) is 0 Å². The Balaban J connectivity index is 0.000000317. The van der Waals surface area contributed by atoms with Crippen molar-refractivity contribution in [2.45, 2.75) is 56.5 Å². The van der Waals surface area contributed by atoms with Gasteiger partial charge in [0, 0.05) is 35.8 Å². The van der Waals surface area contributed by atoms with Crippen LogP contribution in [0.25, 0.3) is 0 Å².